The van der Waals surface area contributed by atoms with E-state index in [0.29, 0.717) is 24.7 Å². The van der Waals surface area contributed by atoms with Crippen LogP contribution in [0.2, 0.25) is 0 Å². The predicted molar refractivity (Wildman–Crippen MR) is 112 cm³/mol. The number of ether oxygens (including phenoxy) is 1. The van der Waals surface area contributed by atoms with Crippen molar-refractivity contribution in [2.45, 2.75) is 82.4 Å². The van der Waals surface area contributed by atoms with Crippen LogP contribution >= 0.6 is 0 Å². The van der Waals surface area contributed by atoms with Crippen LogP contribution in [0.1, 0.15) is 74.0 Å². The van der Waals surface area contributed by atoms with E-state index in [9.17, 15) is 9.59 Å². The molecule has 1 atom stereocenters. The second-order valence-corrected chi connectivity index (χ2v) is 9.85. The van der Waals surface area contributed by atoms with Crippen molar-refractivity contribution in [2.75, 3.05) is 19.7 Å². The molecule has 4 aliphatic rings. The summed E-state index contributed by atoms with van der Waals surface area (Å²) in [6.45, 7) is 4.08. The fraction of sp³-hybridized carbons (Fsp3) is 0.783. The summed E-state index contributed by atoms with van der Waals surface area (Å²) in [5, 5.41) is 4.34. The molecule has 1 aromatic heterocycles. The lowest BCUT2D eigenvalue weighted by Crippen LogP contribution is -2.78. The van der Waals surface area contributed by atoms with Crippen molar-refractivity contribution >= 4 is 11.8 Å². The number of aromatic nitrogens is 2. The molecule has 2 saturated carbocycles. The van der Waals surface area contributed by atoms with Gasteiger partial charge in [0.15, 0.2) is 11.8 Å². The SMILES string of the molecule is Cc1cc(C(=O)N2CCC(N3C(=O)C(OCC4CC4)C34CCCCC4)CC2)nn1C. The van der Waals surface area contributed by atoms with Gasteiger partial charge in [-0.05, 0) is 57.4 Å². The number of piperidine rings is 1. The third-order valence-corrected chi connectivity index (χ3v) is 7.79. The van der Waals surface area contributed by atoms with Crippen LogP contribution in [0.5, 0.6) is 0 Å². The zero-order chi connectivity index (χ0) is 20.9. The fourth-order valence-electron chi connectivity index (χ4n) is 5.74. The molecule has 4 fully saturated rings. The van der Waals surface area contributed by atoms with Crippen molar-refractivity contribution in [1.82, 2.24) is 19.6 Å². The molecule has 1 spiro atoms. The molecule has 0 bridgehead atoms. The Kier molecular flexibility index (Phi) is 5.12. The van der Waals surface area contributed by atoms with E-state index in [0.717, 1.165) is 38.0 Å². The Labute approximate surface area is 178 Å². The Balaban J connectivity index is 1.24. The van der Waals surface area contributed by atoms with Gasteiger partial charge in [0.25, 0.3) is 11.8 Å². The maximum absolute atomic E-state index is 13.2. The Morgan fingerprint density at radius 2 is 1.87 bits per heavy atom. The third-order valence-electron chi connectivity index (χ3n) is 7.79. The Morgan fingerprint density at radius 3 is 2.47 bits per heavy atom. The minimum absolute atomic E-state index is 0.00473. The molecule has 0 radical (unpaired) electrons. The number of carbonyl (C=O) groups excluding carboxylic acids is 2. The van der Waals surface area contributed by atoms with Crippen LogP contribution in [-0.2, 0) is 16.6 Å². The number of amides is 2. The lowest BCUT2D eigenvalue weighted by atomic mass is 9.68. The number of β-lactam (4-membered cyclic amide) rings is 1. The van der Waals surface area contributed by atoms with Crippen molar-refractivity contribution in [3.63, 3.8) is 0 Å². The maximum Gasteiger partial charge on any atom is 0.274 e. The molecule has 0 N–H and O–H groups in total. The smallest absolute Gasteiger partial charge is 0.274 e. The van der Waals surface area contributed by atoms with Gasteiger partial charge in [0.1, 0.15) is 0 Å². The first-order chi connectivity index (χ1) is 14.5. The van der Waals surface area contributed by atoms with Gasteiger partial charge in [-0.1, -0.05) is 19.3 Å². The molecule has 0 aromatic carbocycles. The van der Waals surface area contributed by atoms with Crippen LogP contribution in [0.25, 0.3) is 0 Å². The van der Waals surface area contributed by atoms with Crippen LogP contribution in [0, 0.1) is 12.8 Å². The van der Waals surface area contributed by atoms with Crippen molar-refractivity contribution in [1.29, 1.82) is 0 Å². The highest BCUT2D eigenvalue weighted by Gasteiger charge is 2.62. The molecule has 2 aliphatic heterocycles. The number of likely N-dealkylation sites (tertiary alicyclic amines) is 2. The predicted octanol–water partition coefficient (Wildman–Crippen LogP) is 2.67. The highest BCUT2D eigenvalue weighted by Crippen LogP contribution is 2.48. The summed E-state index contributed by atoms with van der Waals surface area (Å²) >= 11 is 0. The van der Waals surface area contributed by atoms with Gasteiger partial charge in [0.2, 0.25) is 0 Å². The summed E-state index contributed by atoms with van der Waals surface area (Å²) in [5.41, 5.74) is 1.42. The molecule has 2 amide bonds. The van der Waals surface area contributed by atoms with Crippen LogP contribution in [0.15, 0.2) is 6.07 Å². The van der Waals surface area contributed by atoms with Crippen LogP contribution in [0.3, 0.4) is 0 Å². The highest BCUT2D eigenvalue weighted by molar-refractivity contribution is 5.93. The second-order valence-electron chi connectivity index (χ2n) is 9.85. The Bertz CT molecular complexity index is 797. The van der Waals surface area contributed by atoms with Crippen molar-refractivity contribution in [3.05, 3.63) is 17.5 Å². The quantitative estimate of drug-likeness (QED) is 0.695. The molecule has 164 valence electrons. The standard InChI is InChI=1S/C23H34N4O3/c1-16-14-19(24-25(16)2)21(28)26-12-8-18(9-13-26)27-22(29)20(30-15-17-6-7-17)23(27)10-4-3-5-11-23/h14,17-18,20H,3-13,15H2,1-2H3. The van der Waals surface area contributed by atoms with E-state index in [1.54, 1.807) is 4.68 Å². The summed E-state index contributed by atoms with van der Waals surface area (Å²) in [7, 11) is 1.86. The average molecular weight is 415 g/mol. The van der Waals surface area contributed by atoms with Crippen LogP contribution in [0.4, 0.5) is 0 Å². The average Bonchev–Trinajstić information content (AvgIpc) is 3.52. The van der Waals surface area contributed by atoms with Gasteiger partial charge in [-0.2, -0.15) is 5.10 Å². The summed E-state index contributed by atoms with van der Waals surface area (Å²) in [5.74, 6) is 0.879. The lowest BCUT2D eigenvalue weighted by Gasteiger charge is -2.62. The number of rotatable bonds is 5. The minimum atomic E-state index is -0.227. The molecule has 3 heterocycles. The van der Waals surface area contributed by atoms with Gasteiger partial charge < -0.3 is 14.5 Å². The van der Waals surface area contributed by atoms with Gasteiger partial charge in [-0.25, -0.2) is 0 Å². The number of hydrogen-bond donors (Lipinski definition) is 0. The van der Waals surface area contributed by atoms with E-state index in [-0.39, 0.29) is 29.5 Å². The first-order valence-corrected chi connectivity index (χ1v) is 11.7. The highest BCUT2D eigenvalue weighted by atomic mass is 16.5. The van der Waals surface area contributed by atoms with Crippen LogP contribution < -0.4 is 0 Å². The number of aryl methyl sites for hydroxylation is 2. The van der Waals surface area contributed by atoms with E-state index in [2.05, 4.69) is 10.00 Å². The first-order valence-electron chi connectivity index (χ1n) is 11.7. The van der Waals surface area contributed by atoms with Crippen molar-refractivity contribution in [3.8, 4) is 0 Å². The van der Waals surface area contributed by atoms with Gasteiger partial charge in [-0.15, -0.1) is 0 Å². The third kappa shape index (κ3) is 3.35. The summed E-state index contributed by atoms with van der Waals surface area (Å²) in [4.78, 5) is 30.1. The minimum Gasteiger partial charge on any atom is -0.366 e. The van der Waals surface area contributed by atoms with E-state index in [4.69, 9.17) is 4.74 Å². The van der Waals surface area contributed by atoms with Gasteiger partial charge >= 0.3 is 0 Å². The molecule has 2 aliphatic carbocycles. The number of hydrogen-bond acceptors (Lipinski definition) is 4. The monoisotopic (exact) mass is 414 g/mol. The molecule has 2 saturated heterocycles. The van der Waals surface area contributed by atoms with E-state index in [1.807, 2.05) is 24.9 Å². The molecule has 7 nitrogen and oxygen atoms in total. The first kappa shape index (κ1) is 20.0. The Hall–Kier alpha value is -1.89. The van der Waals surface area contributed by atoms with Gasteiger partial charge in [0.05, 0.1) is 12.1 Å². The summed E-state index contributed by atoms with van der Waals surface area (Å²) in [6.07, 6.45) is 9.73. The summed E-state index contributed by atoms with van der Waals surface area (Å²) in [6, 6.07) is 2.08. The number of nitrogens with zero attached hydrogens (tertiary/aromatic N) is 4. The molecular weight excluding hydrogens is 380 g/mol. The van der Waals surface area contributed by atoms with Crippen molar-refractivity contribution < 1.29 is 14.3 Å². The lowest BCUT2D eigenvalue weighted by molar-refractivity contribution is -0.211. The van der Waals surface area contributed by atoms with Gasteiger partial charge in [0, 0.05) is 31.9 Å². The normalized spacial score (nSPS) is 26.9. The zero-order valence-electron chi connectivity index (χ0n) is 18.3. The van der Waals surface area contributed by atoms with E-state index >= 15 is 0 Å². The maximum atomic E-state index is 13.2. The zero-order valence-corrected chi connectivity index (χ0v) is 18.3. The van der Waals surface area contributed by atoms with Crippen LogP contribution in [-0.4, -0.2) is 68.8 Å². The molecule has 1 aromatic rings. The number of carbonyl (C=O) groups is 2. The van der Waals surface area contributed by atoms with Crippen molar-refractivity contribution in [2.24, 2.45) is 13.0 Å². The fourth-order valence-corrected chi connectivity index (χ4v) is 5.74. The summed E-state index contributed by atoms with van der Waals surface area (Å²) < 4.78 is 7.94. The molecule has 30 heavy (non-hydrogen) atoms. The van der Waals surface area contributed by atoms with Gasteiger partial charge in [-0.3, -0.25) is 14.3 Å². The molecular formula is C23H34N4O3. The molecule has 7 heteroatoms. The molecule has 1 unspecified atom stereocenters. The second kappa shape index (κ2) is 7.66. The topological polar surface area (TPSA) is 67.7 Å². The molecule has 5 rings (SSSR count). The largest absolute Gasteiger partial charge is 0.366 e. The Morgan fingerprint density at radius 1 is 1.17 bits per heavy atom. The van der Waals surface area contributed by atoms with E-state index in [1.165, 1.54) is 32.1 Å². The van der Waals surface area contributed by atoms with E-state index < -0.39 is 0 Å².